The SMILES string of the molecule is CC1C=NC(C(C)C)O1. The molecular weight excluding hydrogens is 114 g/mol. The molecule has 0 aliphatic carbocycles. The predicted octanol–water partition coefficient (Wildman–Crippen LogP) is 1.46. The maximum atomic E-state index is 5.40. The summed E-state index contributed by atoms with van der Waals surface area (Å²) in [4.78, 5) is 4.17. The van der Waals surface area contributed by atoms with Crippen molar-refractivity contribution in [1.82, 2.24) is 0 Å². The van der Waals surface area contributed by atoms with Gasteiger partial charge in [-0.1, -0.05) is 13.8 Å². The first-order chi connectivity index (χ1) is 4.20. The van der Waals surface area contributed by atoms with Crippen molar-refractivity contribution < 1.29 is 4.74 Å². The molecule has 1 rings (SSSR count). The van der Waals surface area contributed by atoms with Gasteiger partial charge in [0.05, 0.1) is 6.10 Å². The lowest BCUT2D eigenvalue weighted by Gasteiger charge is -2.11. The van der Waals surface area contributed by atoms with Gasteiger partial charge in [-0.05, 0) is 12.8 Å². The first-order valence-corrected chi connectivity index (χ1v) is 3.39. The normalized spacial score (nSPS) is 34.2. The Morgan fingerprint density at radius 3 is 2.44 bits per heavy atom. The van der Waals surface area contributed by atoms with Crippen molar-refractivity contribution in [3.05, 3.63) is 0 Å². The van der Waals surface area contributed by atoms with Crippen LogP contribution in [0.4, 0.5) is 0 Å². The highest BCUT2D eigenvalue weighted by Crippen LogP contribution is 2.14. The predicted molar refractivity (Wildman–Crippen MR) is 37.7 cm³/mol. The Labute approximate surface area is 55.9 Å². The summed E-state index contributed by atoms with van der Waals surface area (Å²) in [5.74, 6) is 0.506. The summed E-state index contributed by atoms with van der Waals surface area (Å²) in [5, 5.41) is 0. The van der Waals surface area contributed by atoms with E-state index in [1.165, 1.54) is 0 Å². The van der Waals surface area contributed by atoms with Crippen LogP contribution in [0.5, 0.6) is 0 Å². The van der Waals surface area contributed by atoms with E-state index in [0.717, 1.165) is 0 Å². The minimum Gasteiger partial charge on any atom is -0.348 e. The second-order valence-corrected chi connectivity index (χ2v) is 2.77. The van der Waals surface area contributed by atoms with Crippen LogP contribution < -0.4 is 0 Å². The number of ether oxygens (including phenoxy) is 1. The average Bonchev–Trinajstić information content (AvgIpc) is 2.14. The summed E-state index contributed by atoms with van der Waals surface area (Å²) in [6, 6.07) is 0. The topological polar surface area (TPSA) is 21.6 Å². The zero-order chi connectivity index (χ0) is 6.85. The van der Waals surface area contributed by atoms with Crippen molar-refractivity contribution in [1.29, 1.82) is 0 Å². The zero-order valence-corrected chi connectivity index (χ0v) is 6.16. The highest BCUT2D eigenvalue weighted by molar-refractivity contribution is 5.64. The molecule has 2 unspecified atom stereocenters. The van der Waals surface area contributed by atoms with Gasteiger partial charge in [-0.25, -0.2) is 0 Å². The number of hydrogen-bond acceptors (Lipinski definition) is 2. The van der Waals surface area contributed by atoms with Gasteiger partial charge >= 0.3 is 0 Å². The Bertz CT molecular complexity index is 120. The molecular formula is C7H13NO. The molecule has 0 radical (unpaired) electrons. The molecule has 0 spiro atoms. The third-order valence-electron chi connectivity index (χ3n) is 1.37. The molecule has 0 saturated carbocycles. The molecule has 0 amide bonds. The number of aliphatic imine (C=N–C) groups is 1. The van der Waals surface area contributed by atoms with E-state index in [-0.39, 0.29) is 12.3 Å². The van der Waals surface area contributed by atoms with E-state index >= 15 is 0 Å². The summed E-state index contributed by atoms with van der Waals surface area (Å²) in [6.07, 6.45) is 2.20. The molecule has 1 aliphatic rings. The molecule has 9 heavy (non-hydrogen) atoms. The lowest BCUT2D eigenvalue weighted by molar-refractivity contribution is 0.0312. The first-order valence-electron chi connectivity index (χ1n) is 3.39. The molecule has 0 aromatic rings. The van der Waals surface area contributed by atoms with Gasteiger partial charge in [-0.15, -0.1) is 0 Å². The van der Waals surface area contributed by atoms with Crippen molar-refractivity contribution in [3.8, 4) is 0 Å². The quantitative estimate of drug-likeness (QED) is 0.522. The van der Waals surface area contributed by atoms with Crippen LogP contribution in [0.1, 0.15) is 20.8 Å². The largest absolute Gasteiger partial charge is 0.348 e. The summed E-state index contributed by atoms with van der Waals surface area (Å²) < 4.78 is 5.40. The van der Waals surface area contributed by atoms with Crippen LogP contribution in [0.3, 0.4) is 0 Å². The first kappa shape index (κ1) is 6.75. The molecule has 0 aromatic heterocycles. The standard InChI is InChI=1S/C7H13NO/c1-5(2)7-8-4-6(3)9-7/h4-7H,1-3H3. The maximum Gasteiger partial charge on any atom is 0.151 e. The monoisotopic (exact) mass is 127 g/mol. The van der Waals surface area contributed by atoms with Crippen LogP contribution in [0.25, 0.3) is 0 Å². The summed E-state index contributed by atoms with van der Waals surface area (Å²) in [6.45, 7) is 6.23. The number of rotatable bonds is 1. The second-order valence-electron chi connectivity index (χ2n) is 2.77. The highest BCUT2D eigenvalue weighted by Gasteiger charge is 2.19. The van der Waals surface area contributed by atoms with Crippen molar-refractivity contribution in [2.45, 2.75) is 33.1 Å². The molecule has 2 heteroatoms. The minimum atomic E-state index is 0.111. The lowest BCUT2D eigenvalue weighted by atomic mass is 10.2. The van der Waals surface area contributed by atoms with Gasteiger partial charge in [-0.3, -0.25) is 4.99 Å². The van der Waals surface area contributed by atoms with Crippen LogP contribution in [-0.2, 0) is 4.74 Å². The van der Waals surface area contributed by atoms with Gasteiger partial charge in [0.2, 0.25) is 0 Å². The molecule has 0 saturated heterocycles. The zero-order valence-electron chi connectivity index (χ0n) is 6.16. The molecule has 0 aromatic carbocycles. The summed E-state index contributed by atoms with van der Waals surface area (Å²) in [7, 11) is 0. The van der Waals surface area contributed by atoms with Crippen LogP contribution in [0, 0.1) is 5.92 Å². The van der Waals surface area contributed by atoms with Crippen LogP contribution >= 0.6 is 0 Å². The molecule has 2 nitrogen and oxygen atoms in total. The number of nitrogens with zero attached hydrogens (tertiary/aromatic N) is 1. The molecule has 0 bridgehead atoms. The van der Waals surface area contributed by atoms with Gasteiger partial charge in [0.25, 0.3) is 0 Å². The van der Waals surface area contributed by atoms with Crippen LogP contribution in [0.2, 0.25) is 0 Å². The van der Waals surface area contributed by atoms with Crippen molar-refractivity contribution >= 4 is 6.21 Å². The van der Waals surface area contributed by atoms with E-state index in [2.05, 4.69) is 18.8 Å². The Morgan fingerprint density at radius 1 is 1.56 bits per heavy atom. The highest BCUT2D eigenvalue weighted by atomic mass is 16.5. The fraction of sp³-hybridized carbons (Fsp3) is 0.857. The van der Waals surface area contributed by atoms with E-state index in [4.69, 9.17) is 4.74 Å². The third kappa shape index (κ3) is 1.52. The molecule has 1 heterocycles. The molecule has 52 valence electrons. The molecule has 2 atom stereocenters. The van der Waals surface area contributed by atoms with Gasteiger partial charge in [0, 0.05) is 6.21 Å². The number of hydrogen-bond donors (Lipinski definition) is 0. The summed E-state index contributed by atoms with van der Waals surface area (Å²) in [5.41, 5.74) is 0. The lowest BCUT2D eigenvalue weighted by Crippen LogP contribution is -2.15. The van der Waals surface area contributed by atoms with E-state index in [0.29, 0.717) is 5.92 Å². The van der Waals surface area contributed by atoms with Crippen LogP contribution in [-0.4, -0.2) is 18.5 Å². The van der Waals surface area contributed by atoms with E-state index in [9.17, 15) is 0 Å². The molecule has 0 fully saturated rings. The van der Waals surface area contributed by atoms with Gasteiger partial charge < -0.3 is 4.74 Å². The van der Waals surface area contributed by atoms with Crippen molar-refractivity contribution in [2.24, 2.45) is 10.9 Å². The van der Waals surface area contributed by atoms with Gasteiger partial charge in [-0.2, -0.15) is 0 Å². The van der Waals surface area contributed by atoms with Crippen molar-refractivity contribution in [3.63, 3.8) is 0 Å². The summed E-state index contributed by atoms with van der Waals surface area (Å²) >= 11 is 0. The fourth-order valence-corrected chi connectivity index (χ4v) is 0.825. The van der Waals surface area contributed by atoms with Gasteiger partial charge in [0.1, 0.15) is 0 Å². The Balaban J connectivity index is 2.41. The minimum absolute atomic E-state index is 0.111. The second kappa shape index (κ2) is 2.48. The van der Waals surface area contributed by atoms with Crippen LogP contribution in [0.15, 0.2) is 4.99 Å². The van der Waals surface area contributed by atoms with Crippen molar-refractivity contribution in [2.75, 3.05) is 0 Å². The van der Waals surface area contributed by atoms with E-state index in [1.807, 2.05) is 13.1 Å². The Morgan fingerprint density at radius 2 is 2.22 bits per heavy atom. The Hall–Kier alpha value is -0.370. The third-order valence-corrected chi connectivity index (χ3v) is 1.37. The maximum absolute atomic E-state index is 5.40. The molecule has 1 aliphatic heterocycles. The smallest absolute Gasteiger partial charge is 0.151 e. The van der Waals surface area contributed by atoms with Gasteiger partial charge in [0.15, 0.2) is 6.23 Å². The molecule has 0 N–H and O–H groups in total. The Kier molecular flexibility index (Phi) is 1.86. The fourth-order valence-electron chi connectivity index (χ4n) is 0.825. The van der Waals surface area contributed by atoms with E-state index in [1.54, 1.807) is 0 Å². The average molecular weight is 127 g/mol. The van der Waals surface area contributed by atoms with E-state index < -0.39 is 0 Å².